The van der Waals surface area contributed by atoms with E-state index < -0.39 is 0 Å². The van der Waals surface area contributed by atoms with Gasteiger partial charge in [0.1, 0.15) is 17.4 Å². The third-order valence-electron chi connectivity index (χ3n) is 4.17. The number of hydrogen-bond acceptors (Lipinski definition) is 6. The van der Waals surface area contributed by atoms with E-state index >= 15 is 0 Å². The van der Waals surface area contributed by atoms with E-state index in [1.165, 1.54) is 6.08 Å². The van der Waals surface area contributed by atoms with Crippen molar-refractivity contribution >= 4 is 40.3 Å². The quantitative estimate of drug-likeness (QED) is 0.374. The number of benzene rings is 2. The summed E-state index contributed by atoms with van der Waals surface area (Å²) in [4.78, 5) is 20.9. The zero-order valence-electron chi connectivity index (χ0n) is 16.2. The molecule has 2 aromatic heterocycles. The number of nitrogens with one attached hydrogen (secondary N) is 1. The molecule has 0 saturated heterocycles. The minimum absolute atomic E-state index is 0.193. The van der Waals surface area contributed by atoms with E-state index in [9.17, 15) is 4.79 Å². The third-order valence-corrected chi connectivity index (χ3v) is 5.81. The number of ether oxygens (including phenoxy) is 1. The number of nitrogens with zero attached hydrogens (tertiary/aromatic N) is 2. The average Bonchev–Trinajstić information content (AvgIpc) is 3.44. The molecule has 0 aliphatic rings. The Hall–Kier alpha value is -3.29. The summed E-state index contributed by atoms with van der Waals surface area (Å²) in [6, 6.07) is 15.2. The minimum atomic E-state index is -0.193. The van der Waals surface area contributed by atoms with Crippen molar-refractivity contribution in [1.82, 2.24) is 9.97 Å². The molecule has 150 valence electrons. The molecular formula is C23H19N3O2S2. The van der Waals surface area contributed by atoms with Crippen LogP contribution in [0, 0.1) is 6.92 Å². The van der Waals surface area contributed by atoms with E-state index in [0.29, 0.717) is 6.61 Å². The number of anilines is 1. The fourth-order valence-corrected chi connectivity index (χ4v) is 4.00. The lowest BCUT2D eigenvalue weighted by Crippen LogP contribution is -2.07. The van der Waals surface area contributed by atoms with Crippen LogP contribution >= 0.6 is 22.7 Å². The molecule has 0 spiro atoms. The van der Waals surface area contributed by atoms with Crippen LogP contribution in [0.15, 0.2) is 71.6 Å². The van der Waals surface area contributed by atoms with E-state index in [0.717, 1.165) is 38.3 Å². The zero-order valence-corrected chi connectivity index (χ0v) is 17.9. The lowest BCUT2D eigenvalue weighted by molar-refractivity contribution is -0.111. The lowest BCUT2D eigenvalue weighted by atomic mass is 10.2. The number of thiazole rings is 2. The molecule has 0 radical (unpaired) electrons. The summed E-state index contributed by atoms with van der Waals surface area (Å²) >= 11 is 3.19. The Balaban J connectivity index is 1.33. The van der Waals surface area contributed by atoms with Crippen LogP contribution in [0.25, 0.3) is 16.6 Å². The highest BCUT2D eigenvalue weighted by atomic mass is 32.1. The average molecular weight is 434 g/mol. The summed E-state index contributed by atoms with van der Waals surface area (Å²) in [6.45, 7) is 2.40. The fraction of sp³-hybridized carbons (Fsp3) is 0.0870. The molecule has 0 saturated carbocycles. The van der Waals surface area contributed by atoms with Crippen molar-refractivity contribution in [3.05, 3.63) is 87.8 Å². The van der Waals surface area contributed by atoms with E-state index in [1.807, 2.05) is 66.2 Å². The van der Waals surface area contributed by atoms with Gasteiger partial charge in [0.25, 0.3) is 0 Å². The first-order valence-corrected chi connectivity index (χ1v) is 11.0. The summed E-state index contributed by atoms with van der Waals surface area (Å²) in [7, 11) is 0. The van der Waals surface area contributed by atoms with Gasteiger partial charge in [0, 0.05) is 34.3 Å². The maximum absolute atomic E-state index is 12.3. The van der Waals surface area contributed by atoms with Crippen molar-refractivity contribution in [3.8, 4) is 16.3 Å². The van der Waals surface area contributed by atoms with Gasteiger partial charge in [0.2, 0.25) is 5.91 Å². The molecule has 1 amide bonds. The molecular weight excluding hydrogens is 414 g/mol. The molecule has 2 heterocycles. The first-order chi connectivity index (χ1) is 14.7. The molecule has 4 aromatic rings. The van der Waals surface area contributed by atoms with Crippen LogP contribution in [0.2, 0.25) is 0 Å². The van der Waals surface area contributed by atoms with Gasteiger partial charge in [-0.1, -0.05) is 12.1 Å². The van der Waals surface area contributed by atoms with Crippen LogP contribution in [0.5, 0.6) is 5.75 Å². The molecule has 7 heteroatoms. The second-order valence-corrected chi connectivity index (χ2v) is 8.41. The van der Waals surface area contributed by atoms with Crippen LogP contribution in [0.3, 0.4) is 0 Å². The van der Waals surface area contributed by atoms with Crippen LogP contribution in [-0.4, -0.2) is 15.9 Å². The Bertz CT molecular complexity index is 1150. The number of amides is 1. The van der Waals surface area contributed by atoms with Crippen molar-refractivity contribution in [1.29, 1.82) is 0 Å². The van der Waals surface area contributed by atoms with Crippen molar-refractivity contribution in [2.75, 3.05) is 5.32 Å². The maximum Gasteiger partial charge on any atom is 0.248 e. The Labute approximate surface area is 182 Å². The Morgan fingerprint density at radius 3 is 2.77 bits per heavy atom. The lowest BCUT2D eigenvalue weighted by Gasteiger charge is -2.05. The minimum Gasteiger partial charge on any atom is -0.487 e. The first kappa shape index (κ1) is 20.0. The van der Waals surface area contributed by atoms with Crippen LogP contribution in [0.1, 0.15) is 16.3 Å². The van der Waals surface area contributed by atoms with Gasteiger partial charge >= 0.3 is 0 Å². The predicted molar refractivity (Wildman–Crippen MR) is 123 cm³/mol. The molecule has 30 heavy (non-hydrogen) atoms. The largest absolute Gasteiger partial charge is 0.487 e. The molecule has 0 aliphatic heterocycles. The second-order valence-electron chi connectivity index (χ2n) is 6.46. The summed E-state index contributed by atoms with van der Waals surface area (Å²) in [5, 5.41) is 8.78. The number of carbonyl (C=O) groups excluding carboxylic acids is 1. The van der Waals surface area contributed by atoms with Gasteiger partial charge in [-0.15, -0.1) is 22.7 Å². The van der Waals surface area contributed by atoms with Gasteiger partial charge in [-0.3, -0.25) is 4.79 Å². The Morgan fingerprint density at radius 2 is 2.03 bits per heavy atom. The molecule has 0 unspecified atom stereocenters. The SMILES string of the molecule is Cc1nc(COc2cccc(/C=C/C(=O)Nc3ccc(-c4nccs4)cc3)c2)cs1. The van der Waals surface area contributed by atoms with Crippen molar-refractivity contribution < 1.29 is 9.53 Å². The molecule has 1 N–H and O–H groups in total. The molecule has 5 nitrogen and oxygen atoms in total. The van der Waals surface area contributed by atoms with E-state index in [1.54, 1.807) is 34.9 Å². The van der Waals surface area contributed by atoms with E-state index in [-0.39, 0.29) is 5.91 Å². The van der Waals surface area contributed by atoms with Gasteiger partial charge in [0.15, 0.2) is 0 Å². The van der Waals surface area contributed by atoms with E-state index in [4.69, 9.17) is 4.74 Å². The van der Waals surface area contributed by atoms with Crippen LogP contribution < -0.4 is 10.1 Å². The Kier molecular flexibility index (Phi) is 6.32. The normalized spacial score (nSPS) is 11.0. The number of rotatable bonds is 7. The number of carbonyl (C=O) groups is 1. The van der Waals surface area contributed by atoms with Crippen molar-refractivity contribution in [3.63, 3.8) is 0 Å². The summed E-state index contributed by atoms with van der Waals surface area (Å²) in [5.41, 5.74) is 3.57. The maximum atomic E-state index is 12.3. The predicted octanol–water partition coefficient (Wildman–Crippen LogP) is 5.81. The molecule has 0 atom stereocenters. The number of aromatic nitrogens is 2. The zero-order chi connectivity index (χ0) is 20.8. The van der Waals surface area contributed by atoms with Gasteiger partial charge in [-0.05, 0) is 55.0 Å². The molecule has 0 fully saturated rings. The monoisotopic (exact) mass is 433 g/mol. The molecule has 4 rings (SSSR count). The molecule has 0 aliphatic carbocycles. The summed E-state index contributed by atoms with van der Waals surface area (Å²) in [6.07, 6.45) is 5.05. The number of aryl methyl sites for hydroxylation is 1. The topological polar surface area (TPSA) is 64.1 Å². The van der Waals surface area contributed by atoms with Gasteiger partial charge < -0.3 is 10.1 Å². The molecule has 2 aromatic carbocycles. The van der Waals surface area contributed by atoms with Crippen LogP contribution in [-0.2, 0) is 11.4 Å². The van der Waals surface area contributed by atoms with Crippen LogP contribution in [0.4, 0.5) is 5.69 Å². The Morgan fingerprint density at radius 1 is 1.17 bits per heavy atom. The third kappa shape index (κ3) is 5.40. The standard InChI is InChI=1S/C23H19N3O2S2/c1-16-25-20(15-30-16)14-28-21-4-2-3-17(13-21)5-10-22(27)26-19-8-6-18(7-9-19)23-24-11-12-29-23/h2-13,15H,14H2,1H3,(H,26,27)/b10-5+. The fourth-order valence-electron chi connectivity index (χ4n) is 2.76. The first-order valence-electron chi connectivity index (χ1n) is 9.28. The van der Waals surface area contributed by atoms with Gasteiger partial charge in [-0.25, -0.2) is 9.97 Å². The van der Waals surface area contributed by atoms with Gasteiger partial charge in [-0.2, -0.15) is 0 Å². The van der Waals surface area contributed by atoms with Gasteiger partial charge in [0.05, 0.1) is 10.7 Å². The van der Waals surface area contributed by atoms with E-state index in [2.05, 4.69) is 15.3 Å². The number of hydrogen-bond donors (Lipinski definition) is 1. The second kappa shape index (κ2) is 9.47. The summed E-state index contributed by atoms with van der Waals surface area (Å²) < 4.78 is 5.80. The summed E-state index contributed by atoms with van der Waals surface area (Å²) in [5.74, 6) is 0.544. The van der Waals surface area contributed by atoms with Crippen molar-refractivity contribution in [2.45, 2.75) is 13.5 Å². The molecule has 0 bridgehead atoms. The highest BCUT2D eigenvalue weighted by Crippen LogP contribution is 2.23. The van der Waals surface area contributed by atoms with Crippen molar-refractivity contribution in [2.24, 2.45) is 0 Å². The smallest absolute Gasteiger partial charge is 0.248 e. The highest BCUT2D eigenvalue weighted by Gasteiger charge is 2.03. The highest BCUT2D eigenvalue weighted by molar-refractivity contribution is 7.13.